The van der Waals surface area contributed by atoms with Crippen molar-refractivity contribution in [1.29, 1.82) is 0 Å². The van der Waals surface area contributed by atoms with Gasteiger partial charge >= 0.3 is 6.18 Å². The first-order valence-corrected chi connectivity index (χ1v) is 13.5. The van der Waals surface area contributed by atoms with Crippen LogP contribution in [0.25, 0.3) is 65.7 Å². The second-order valence-corrected chi connectivity index (χ2v) is 10.4. The van der Waals surface area contributed by atoms with Crippen LogP contribution >= 0.6 is 0 Å². The van der Waals surface area contributed by atoms with Crippen LogP contribution in [0.4, 0.5) is 26.3 Å². The molecule has 0 aliphatic heterocycles. The molecule has 0 aromatic heterocycles. The Hall–Kier alpha value is -5.10. The molecule has 0 heterocycles. The molecule has 0 fully saturated rings. The minimum Gasteiger partial charge on any atom is -0.204 e. The maximum atomic E-state index is 14.3. The number of hydrogen-bond donors (Lipinski definition) is 0. The predicted molar refractivity (Wildman–Crippen MR) is 160 cm³/mol. The van der Waals surface area contributed by atoms with E-state index in [2.05, 4.69) is 0 Å². The van der Waals surface area contributed by atoms with E-state index in [0.29, 0.717) is 22.1 Å². The normalized spacial score (nSPS) is 12.0. The van der Waals surface area contributed by atoms with Crippen LogP contribution in [0.5, 0.6) is 0 Å². The third-order valence-corrected chi connectivity index (χ3v) is 7.90. The van der Waals surface area contributed by atoms with Crippen molar-refractivity contribution in [3.8, 4) is 33.4 Å². The smallest absolute Gasteiger partial charge is 0.204 e. The molecule has 0 atom stereocenters. The number of benzene rings is 7. The van der Waals surface area contributed by atoms with Gasteiger partial charge in [0.1, 0.15) is 0 Å². The maximum absolute atomic E-state index is 14.3. The molecule has 0 aliphatic rings. The summed E-state index contributed by atoms with van der Waals surface area (Å²) in [5.41, 5.74) is 2.90. The molecule has 0 saturated heterocycles. The molecule has 0 bridgehead atoms. The van der Waals surface area contributed by atoms with E-state index in [1.807, 2.05) is 72.8 Å². The van der Waals surface area contributed by atoms with Crippen LogP contribution < -0.4 is 0 Å². The standard InChI is InChI=1S/C37H20F6/c38-32-19-24(20-33(39)36(32)40)23-14-17-30-31(18-23)34(22-12-15-25(16-13-22)37(41,42)43)28-9-3-4-10-29(28)35(30)27-11-5-7-21-6-1-2-8-26(21)27/h1-20H. The van der Waals surface area contributed by atoms with Gasteiger partial charge in [0.15, 0.2) is 17.5 Å². The topological polar surface area (TPSA) is 0 Å². The molecular weight excluding hydrogens is 558 g/mol. The number of rotatable bonds is 3. The lowest BCUT2D eigenvalue weighted by atomic mass is 9.83. The number of hydrogen-bond acceptors (Lipinski definition) is 0. The van der Waals surface area contributed by atoms with Gasteiger partial charge in [-0.3, -0.25) is 0 Å². The molecule has 0 aliphatic carbocycles. The average Bonchev–Trinajstić information content (AvgIpc) is 3.01. The lowest BCUT2D eigenvalue weighted by molar-refractivity contribution is -0.137. The molecule has 7 rings (SSSR count). The predicted octanol–water partition coefficient (Wildman–Crippen LogP) is 11.6. The molecule has 6 heteroatoms. The monoisotopic (exact) mass is 578 g/mol. The molecule has 0 amide bonds. The Morgan fingerprint density at radius 1 is 0.419 bits per heavy atom. The van der Waals surface area contributed by atoms with Gasteiger partial charge in [0.25, 0.3) is 0 Å². The molecule has 0 saturated carbocycles. The Labute approximate surface area is 242 Å². The van der Waals surface area contributed by atoms with Crippen LogP contribution in [0.2, 0.25) is 0 Å². The molecular formula is C37H20F6. The largest absolute Gasteiger partial charge is 0.416 e. The van der Waals surface area contributed by atoms with Crippen LogP contribution in [0.15, 0.2) is 121 Å². The average molecular weight is 579 g/mol. The van der Waals surface area contributed by atoms with Gasteiger partial charge in [0, 0.05) is 0 Å². The second-order valence-electron chi connectivity index (χ2n) is 10.4. The molecule has 43 heavy (non-hydrogen) atoms. The van der Waals surface area contributed by atoms with Gasteiger partial charge in [-0.1, -0.05) is 91.0 Å². The summed E-state index contributed by atoms with van der Waals surface area (Å²) in [6.07, 6.45) is -4.50. The van der Waals surface area contributed by atoms with E-state index in [1.165, 1.54) is 12.1 Å². The lowest BCUT2D eigenvalue weighted by Crippen LogP contribution is -2.04. The van der Waals surface area contributed by atoms with Crippen molar-refractivity contribution in [2.24, 2.45) is 0 Å². The summed E-state index contributed by atoms with van der Waals surface area (Å²) in [6, 6.07) is 33.8. The summed E-state index contributed by atoms with van der Waals surface area (Å²) < 4.78 is 82.6. The van der Waals surface area contributed by atoms with Crippen LogP contribution in [-0.2, 0) is 6.18 Å². The van der Waals surface area contributed by atoms with E-state index in [0.717, 1.165) is 62.3 Å². The fourth-order valence-electron chi connectivity index (χ4n) is 5.95. The van der Waals surface area contributed by atoms with Gasteiger partial charge in [-0.2, -0.15) is 13.2 Å². The zero-order chi connectivity index (χ0) is 29.9. The highest BCUT2D eigenvalue weighted by atomic mass is 19.4. The Morgan fingerprint density at radius 2 is 0.977 bits per heavy atom. The van der Waals surface area contributed by atoms with Gasteiger partial charge in [0.05, 0.1) is 5.56 Å². The zero-order valence-corrected chi connectivity index (χ0v) is 22.3. The Bertz CT molecular complexity index is 2170. The van der Waals surface area contributed by atoms with Crippen LogP contribution in [-0.4, -0.2) is 0 Å². The molecule has 7 aromatic rings. The van der Waals surface area contributed by atoms with Crippen molar-refractivity contribution in [3.05, 3.63) is 144 Å². The lowest BCUT2D eigenvalue weighted by Gasteiger charge is -2.20. The second kappa shape index (κ2) is 10.0. The number of halogens is 6. The highest BCUT2D eigenvalue weighted by Crippen LogP contribution is 2.46. The van der Waals surface area contributed by atoms with Crippen molar-refractivity contribution in [1.82, 2.24) is 0 Å². The molecule has 0 spiro atoms. The summed E-state index contributed by atoms with van der Waals surface area (Å²) in [7, 11) is 0. The maximum Gasteiger partial charge on any atom is 0.416 e. The molecule has 7 aromatic carbocycles. The van der Waals surface area contributed by atoms with Gasteiger partial charge in [0.2, 0.25) is 0 Å². The zero-order valence-electron chi connectivity index (χ0n) is 22.3. The summed E-state index contributed by atoms with van der Waals surface area (Å²) in [6.45, 7) is 0. The number of alkyl halides is 3. The minimum atomic E-state index is -4.50. The summed E-state index contributed by atoms with van der Waals surface area (Å²) in [5, 5.41) is 5.23. The van der Waals surface area contributed by atoms with Gasteiger partial charge in [-0.25, -0.2) is 13.2 Å². The van der Waals surface area contributed by atoms with E-state index in [-0.39, 0.29) is 5.56 Å². The first-order valence-electron chi connectivity index (χ1n) is 13.5. The first-order chi connectivity index (χ1) is 20.7. The van der Waals surface area contributed by atoms with Crippen molar-refractivity contribution in [3.63, 3.8) is 0 Å². The summed E-state index contributed by atoms with van der Waals surface area (Å²) >= 11 is 0. The molecule has 0 radical (unpaired) electrons. The quantitative estimate of drug-likeness (QED) is 0.111. The molecule has 0 nitrogen and oxygen atoms in total. The molecule has 0 unspecified atom stereocenters. The highest BCUT2D eigenvalue weighted by molar-refractivity contribution is 6.24. The SMILES string of the molecule is Fc1cc(-c2ccc3c(-c4cccc5ccccc45)c4ccccc4c(-c4ccc(C(F)(F)F)cc4)c3c2)cc(F)c1F. The van der Waals surface area contributed by atoms with Crippen LogP contribution in [0.3, 0.4) is 0 Å². The van der Waals surface area contributed by atoms with Gasteiger partial charge in [-0.05, 0) is 96.0 Å². The first kappa shape index (κ1) is 26.8. The fourth-order valence-corrected chi connectivity index (χ4v) is 5.95. The number of fused-ring (bicyclic) bond motifs is 3. The van der Waals surface area contributed by atoms with Gasteiger partial charge < -0.3 is 0 Å². The Balaban J connectivity index is 1.62. The van der Waals surface area contributed by atoms with E-state index in [9.17, 15) is 26.3 Å². The van der Waals surface area contributed by atoms with E-state index in [1.54, 1.807) is 12.1 Å². The van der Waals surface area contributed by atoms with Crippen LogP contribution in [0.1, 0.15) is 5.56 Å². The van der Waals surface area contributed by atoms with E-state index < -0.39 is 29.2 Å². The van der Waals surface area contributed by atoms with Crippen molar-refractivity contribution < 1.29 is 26.3 Å². The molecule has 210 valence electrons. The van der Waals surface area contributed by atoms with Crippen molar-refractivity contribution in [2.45, 2.75) is 6.18 Å². The minimum absolute atomic E-state index is 0.136. The third kappa shape index (κ3) is 4.50. The van der Waals surface area contributed by atoms with Gasteiger partial charge in [-0.15, -0.1) is 0 Å². The fraction of sp³-hybridized carbons (Fsp3) is 0.0270. The Morgan fingerprint density at radius 3 is 1.65 bits per heavy atom. The third-order valence-electron chi connectivity index (χ3n) is 7.90. The van der Waals surface area contributed by atoms with Crippen molar-refractivity contribution in [2.75, 3.05) is 0 Å². The Kier molecular flexibility index (Phi) is 6.24. The highest BCUT2D eigenvalue weighted by Gasteiger charge is 2.30. The van der Waals surface area contributed by atoms with Crippen molar-refractivity contribution >= 4 is 32.3 Å². The summed E-state index contributed by atoms with van der Waals surface area (Å²) in [4.78, 5) is 0. The van der Waals surface area contributed by atoms with E-state index in [4.69, 9.17) is 0 Å². The van der Waals surface area contributed by atoms with Crippen LogP contribution in [0, 0.1) is 17.5 Å². The van der Waals surface area contributed by atoms with E-state index >= 15 is 0 Å². The summed E-state index contributed by atoms with van der Waals surface area (Å²) in [5.74, 6) is -4.18. The molecule has 0 N–H and O–H groups in total.